The molecule has 0 aromatic carbocycles. The van der Waals surface area contributed by atoms with Gasteiger partial charge in [-0.05, 0) is 38.7 Å². The van der Waals surface area contributed by atoms with Gasteiger partial charge in [-0.3, -0.25) is 4.79 Å². The van der Waals surface area contributed by atoms with Gasteiger partial charge in [-0.1, -0.05) is 0 Å². The van der Waals surface area contributed by atoms with Crippen LogP contribution >= 0.6 is 0 Å². The van der Waals surface area contributed by atoms with Crippen LogP contribution in [0.15, 0.2) is 12.3 Å². The summed E-state index contributed by atoms with van der Waals surface area (Å²) in [5, 5.41) is 2.85. The molecule has 2 rings (SSSR count). The number of aromatic nitrogens is 1. The van der Waals surface area contributed by atoms with Crippen molar-refractivity contribution < 1.29 is 9.18 Å². The van der Waals surface area contributed by atoms with E-state index in [4.69, 9.17) is 5.84 Å². The molecule has 0 aliphatic heterocycles. The molecule has 1 amide bonds. The molecular formula is C12H17FN4O. The second-order valence-corrected chi connectivity index (χ2v) is 5.12. The zero-order chi connectivity index (χ0) is 13.3. The van der Waals surface area contributed by atoms with E-state index >= 15 is 0 Å². The molecule has 18 heavy (non-hydrogen) atoms. The van der Waals surface area contributed by atoms with Crippen molar-refractivity contribution >= 4 is 11.7 Å². The number of carbonyl (C=O) groups excluding carboxylic acids is 1. The molecule has 4 N–H and O–H groups in total. The lowest BCUT2D eigenvalue weighted by Crippen LogP contribution is -2.45. The first-order valence-electron chi connectivity index (χ1n) is 5.89. The summed E-state index contributed by atoms with van der Waals surface area (Å²) in [5.74, 6) is 4.29. The van der Waals surface area contributed by atoms with Crippen LogP contribution in [-0.4, -0.2) is 16.4 Å². The number of nitrogen functional groups attached to an aromatic ring is 1. The number of anilines is 1. The molecule has 0 atom stereocenters. The van der Waals surface area contributed by atoms with Gasteiger partial charge in [0.25, 0.3) is 5.91 Å². The van der Waals surface area contributed by atoms with Crippen LogP contribution in [0.5, 0.6) is 0 Å². The molecule has 0 radical (unpaired) electrons. The van der Waals surface area contributed by atoms with Crippen LogP contribution in [-0.2, 0) is 0 Å². The summed E-state index contributed by atoms with van der Waals surface area (Å²) in [4.78, 5) is 15.7. The van der Waals surface area contributed by atoms with Crippen molar-refractivity contribution in [3.05, 3.63) is 23.6 Å². The van der Waals surface area contributed by atoms with Crippen LogP contribution < -0.4 is 16.6 Å². The fourth-order valence-electron chi connectivity index (χ4n) is 1.99. The number of hydrogen-bond acceptors (Lipinski definition) is 4. The lowest BCUT2D eigenvalue weighted by molar-refractivity contribution is 0.0899. The topological polar surface area (TPSA) is 80.0 Å². The third kappa shape index (κ3) is 2.43. The van der Waals surface area contributed by atoms with Crippen molar-refractivity contribution in [2.45, 2.75) is 32.2 Å². The number of nitrogens with two attached hydrogens (primary N) is 1. The third-order valence-corrected chi connectivity index (χ3v) is 3.30. The molecule has 1 aliphatic rings. The van der Waals surface area contributed by atoms with Gasteiger partial charge < -0.3 is 10.7 Å². The quantitative estimate of drug-likeness (QED) is 0.559. The Labute approximate surface area is 105 Å². The number of amides is 1. The Morgan fingerprint density at radius 1 is 1.56 bits per heavy atom. The number of halogens is 1. The second-order valence-electron chi connectivity index (χ2n) is 5.12. The first-order valence-corrected chi connectivity index (χ1v) is 5.89. The largest absolute Gasteiger partial charge is 0.347 e. The van der Waals surface area contributed by atoms with E-state index in [-0.39, 0.29) is 16.9 Å². The summed E-state index contributed by atoms with van der Waals surface area (Å²) < 4.78 is 13.8. The highest BCUT2D eigenvalue weighted by Crippen LogP contribution is 2.39. The van der Waals surface area contributed by atoms with Crippen molar-refractivity contribution in [3.8, 4) is 0 Å². The number of nitrogens with zero attached hydrogens (tertiary/aromatic N) is 1. The second kappa shape index (κ2) is 4.53. The molecule has 1 saturated carbocycles. The maximum atomic E-state index is 13.8. The summed E-state index contributed by atoms with van der Waals surface area (Å²) >= 11 is 0. The minimum absolute atomic E-state index is 0.0494. The van der Waals surface area contributed by atoms with Crippen molar-refractivity contribution in [3.63, 3.8) is 0 Å². The molecule has 0 spiro atoms. The molecule has 1 aromatic rings. The zero-order valence-electron chi connectivity index (χ0n) is 10.5. The predicted octanol–water partition coefficient (Wildman–Crippen LogP) is 1.42. The summed E-state index contributed by atoms with van der Waals surface area (Å²) in [7, 11) is 0. The van der Waals surface area contributed by atoms with Gasteiger partial charge in [-0.25, -0.2) is 15.2 Å². The molecule has 98 valence electrons. The van der Waals surface area contributed by atoms with Crippen LogP contribution in [0.1, 0.15) is 37.0 Å². The fourth-order valence-corrected chi connectivity index (χ4v) is 1.99. The Morgan fingerprint density at radius 3 is 2.78 bits per heavy atom. The van der Waals surface area contributed by atoms with Crippen molar-refractivity contribution in [2.24, 2.45) is 11.8 Å². The SMILES string of the molecule is CC(C)(NC(=O)c1ccnc(NN)c1F)C1CC1. The van der Waals surface area contributed by atoms with Gasteiger partial charge in [-0.2, -0.15) is 0 Å². The average Bonchev–Trinajstić information content (AvgIpc) is 3.12. The Balaban J connectivity index is 2.18. The van der Waals surface area contributed by atoms with E-state index in [2.05, 4.69) is 15.7 Å². The third-order valence-electron chi connectivity index (χ3n) is 3.30. The normalized spacial score (nSPS) is 15.3. The first kappa shape index (κ1) is 12.8. The number of hydrogen-bond donors (Lipinski definition) is 3. The minimum atomic E-state index is -0.732. The van der Waals surface area contributed by atoms with Gasteiger partial charge in [0.05, 0.1) is 5.56 Å². The highest BCUT2D eigenvalue weighted by molar-refractivity contribution is 5.95. The smallest absolute Gasteiger partial charge is 0.254 e. The number of pyridine rings is 1. The highest BCUT2D eigenvalue weighted by atomic mass is 19.1. The van der Waals surface area contributed by atoms with E-state index < -0.39 is 11.7 Å². The molecule has 1 fully saturated rings. The molecule has 0 saturated heterocycles. The van der Waals surface area contributed by atoms with Crippen LogP contribution in [0.25, 0.3) is 0 Å². The molecule has 5 nitrogen and oxygen atoms in total. The molecular weight excluding hydrogens is 235 g/mol. The number of rotatable bonds is 4. The molecule has 1 heterocycles. The lowest BCUT2D eigenvalue weighted by atomic mass is 9.98. The van der Waals surface area contributed by atoms with E-state index in [0.717, 1.165) is 12.8 Å². The van der Waals surface area contributed by atoms with Crippen LogP contribution in [0.3, 0.4) is 0 Å². The average molecular weight is 252 g/mol. The van der Waals surface area contributed by atoms with Crippen molar-refractivity contribution in [1.29, 1.82) is 0 Å². The maximum absolute atomic E-state index is 13.8. The van der Waals surface area contributed by atoms with E-state index in [1.54, 1.807) is 0 Å². The Morgan fingerprint density at radius 2 is 2.22 bits per heavy atom. The van der Waals surface area contributed by atoms with Crippen molar-refractivity contribution in [2.75, 3.05) is 5.43 Å². The summed E-state index contributed by atoms with van der Waals surface area (Å²) in [6.45, 7) is 3.90. The zero-order valence-corrected chi connectivity index (χ0v) is 10.5. The van der Waals surface area contributed by atoms with Crippen LogP contribution in [0.4, 0.5) is 10.2 Å². The lowest BCUT2D eigenvalue weighted by Gasteiger charge is -2.26. The molecule has 1 aliphatic carbocycles. The van der Waals surface area contributed by atoms with Crippen LogP contribution in [0.2, 0.25) is 0 Å². The number of nitrogens with one attached hydrogen (secondary N) is 2. The van der Waals surface area contributed by atoms with Gasteiger partial charge in [0.2, 0.25) is 0 Å². The van der Waals surface area contributed by atoms with Gasteiger partial charge in [-0.15, -0.1) is 0 Å². The fraction of sp³-hybridized carbons (Fsp3) is 0.500. The van der Waals surface area contributed by atoms with E-state index in [1.807, 2.05) is 13.8 Å². The highest BCUT2D eigenvalue weighted by Gasteiger charge is 2.39. The molecule has 1 aromatic heterocycles. The van der Waals surface area contributed by atoms with Gasteiger partial charge in [0, 0.05) is 11.7 Å². The predicted molar refractivity (Wildman–Crippen MR) is 66.3 cm³/mol. The summed E-state index contributed by atoms with van der Waals surface area (Å²) in [6, 6.07) is 1.34. The maximum Gasteiger partial charge on any atom is 0.254 e. The van der Waals surface area contributed by atoms with E-state index in [9.17, 15) is 9.18 Å². The summed E-state index contributed by atoms with van der Waals surface area (Å²) in [6.07, 6.45) is 3.54. The number of hydrazine groups is 1. The van der Waals surface area contributed by atoms with Gasteiger partial charge in [0.1, 0.15) is 0 Å². The Hall–Kier alpha value is -1.69. The standard InChI is InChI=1S/C12H17FN4O/c1-12(2,7-3-4-7)16-11(18)8-5-6-15-10(17-14)9(8)13/h5-7H,3-4,14H2,1-2H3,(H,15,17)(H,16,18). The summed E-state index contributed by atoms with van der Waals surface area (Å²) in [5.41, 5.74) is 1.76. The first-order chi connectivity index (χ1) is 8.45. The van der Waals surface area contributed by atoms with Gasteiger partial charge in [0.15, 0.2) is 11.6 Å². The van der Waals surface area contributed by atoms with Crippen LogP contribution in [0, 0.1) is 11.7 Å². The number of carbonyl (C=O) groups is 1. The molecule has 0 unspecified atom stereocenters. The molecule has 6 heteroatoms. The molecule has 0 bridgehead atoms. The minimum Gasteiger partial charge on any atom is -0.347 e. The van der Waals surface area contributed by atoms with E-state index in [0.29, 0.717) is 5.92 Å². The Kier molecular flexibility index (Phi) is 3.21. The van der Waals surface area contributed by atoms with E-state index in [1.165, 1.54) is 12.3 Å². The van der Waals surface area contributed by atoms with Gasteiger partial charge >= 0.3 is 0 Å². The van der Waals surface area contributed by atoms with Crippen molar-refractivity contribution in [1.82, 2.24) is 10.3 Å². The monoisotopic (exact) mass is 252 g/mol. The Bertz CT molecular complexity index is 471.